The van der Waals surface area contributed by atoms with Gasteiger partial charge >= 0.3 is 0 Å². The predicted octanol–water partition coefficient (Wildman–Crippen LogP) is 4.02. The van der Waals surface area contributed by atoms with Crippen LogP contribution >= 0.6 is 0 Å². The van der Waals surface area contributed by atoms with Gasteiger partial charge in [0.1, 0.15) is 0 Å². The lowest BCUT2D eigenvalue weighted by atomic mass is 9.73. The molecule has 0 saturated heterocycles. The van der Waals surface area contributed by atoms with E-state index in [1.807, 2.05) is 0 Å². The van der Waals surface area contributed by atoms with E-state index < -0.39 is 0 Å². The van der Waals surface area contributed by atoms with Gasteiger partial charge in [-0.3, -0.25) is 0 Å². The molecular formula is C14H26O. The molecule has 0 heterocycles. The highest BCUT2D eigenvalue weighted by Gasteiger charge is 2.33. The highest BCUT2D eigenvalue weighted by atomic mass is 16.5. The largest absolute Gasteiger partial charge is 0.379 e. The Kier molecular flexibility index (Phi) is 5.98. The van der Waals surface area contributed by atoms with Gasteiger partial charge in [0.15, 0.2) is 0 Å². The number of ether oxygens (including phenoxy) is 1. The first-order chi connectivity index (χ1) is 6.95. The molecule has 0 aromatic heterocycles. The molecule has 0 rings (SSSR count). The second-order valence-electron chi connectivity index (χ2n) is 5.13. The van der Waals surface area contributed by atoms with Gasteiger partial charge in [0.2, 0.25) is 0 Å². The zero-order valence-electron chi connectivity index (χ0n) is 11.0. The molecule has 0 aliphatic heterocycles. The summed E-state index contributed by atoms with van der Waals surface area (Å²) >= 11 is 0. The molecule has 0 aromatic rings. The normalized spacial score (nSPS) is 18.9. The van der Waals surface area contributed by atoms with Crippen LogP contribution in [0, 0.1) is 17.8 Å². The van der Waals surface area contributed by atoms with Crippen molar-refractivity contribution in [3.05, 3.63) is 0 Å². The predicted molar refractivity (Wildman–Crippen MR) is 66.8 cm³/mol. The summed E-state index contributed by atoms with van der Waals surface area (Å²) in [5.74, 6) is 2.81. The molecule has 1 heteroatoms. The lowest BCUT2D eigenvalue weighted by Crippen LogP contribution is -2.34. The Balaban J connectivity index is 4.59. The smallest absolute Gasteiger partial charge is 0.0653 e. The van der Waals surface area contributed by atoms with E-state index in [2.05, 4.69) is 33.6 Å². The maximum atomic E-state index is 5.61. The molecule has 0 aliphatic carbocycles. The average molecular weight is 210 g/mol. The third kappa shape index (κ3) is 4.71. The van der Waals surface area contributed by atoms with Crippen LogP contribution in [-0.4, -0.2) is 12.7 Å². The SMILES string of the molecule is C#CCC(C)(CCC)CC(C)(CC)OC. The quantitative estimate of drug-likeness (QED) is 0.577. The van der Waals surface area contributed by atoms with Crippen LogP contribution in [0.25, 0.3) is 0 Å². The first-order valence-electron chi connectivity index (χ1n) is 5.94. The fourth-order valence-electron chi connectivity index (χ4n) is 2.33. The highest BCUT2D eigenvalue weighted by molar-refractivity contribution is 4.95. The summed E-state index contributed by atoms with van der Waals surface area (Å²) in [7, 11) is 1.80. The lowest BCUT2D eigenvalue weighted by molar-refractivity contribution is -0.0353. The van der Waals surface area contributed by atoms with E-state index in [4.69, 9.17) is 11.2 Å². The highest BCUT2D eigenvalue weighted by Crippen LogP contribution is 2.38. The Morgan fingerprint density at radius 3 is 2.20 bits per heavy atom. The van der Waals surface area contributed by atoms with Crippen molar-refractivity contribution in [3.63, 3.8) is 0 Å². The summed E-state index contributed by atoms with van der Waals surface area (Å²) < 4.78 is 5.61. The van der Waals surface area contributed by atoms with Gasteiger partial charge in [0, 0.05) is 13.5 Å². The van der Waals surface area contributed by atoms with E-state index in [1.54, 1.807) is 7.11 Å². The van der Waals surface area contributed by atoms with Gasteiger partial charge in [-0.15, -0.1) is 12.3 Å². The summed E-state index contributed by atoms with van der Waals surface area (Å²) in [4.78, 5) is 0. The average Bonchev–Trinajstić information content (AvgIpc) is 2.18. The summed E-state index contributed by atoms with van der Waals surface area (Å²) in [5.41, 5.74) is 0.199. The molecule has 0 fully saturated rings. The Morgan fingerprint density at radius 1 is 1.27 bits per heavy atom. The molecule has 15 heavy (non-hydrogen) atoms. The van der Waals surface area contributed by atoms with Gasteiger partial charge < -0.3 is 4.74 Å². The van der Waals surface area contributed by atoms with Crippen LogP contribution in [0.5, 0.6) is 0 Å². The molecule has 0 bridgehead atoms. The van der Waals surface area contributed by atoms with E-state index in [9.17, 15) is 0 Å². The molecular weight excluding hydrogens is 184 g/mol. The van der Waals surface area contributed by atoms with Crippen LogP contribution < -0.4 is 0 Å². The van der Waals surface area contributed by atoms with Gasteiger partial charge in [-0.2, -0.15) is 0 Å². The summed E-state index contributed by atoms with van der Waals surface area (Å²) in [5, 5.41) is 0. The van der Waals surface area contributed by atoms with Crippen LogP contribution in [0.15, 0.2) is 0 Å². The minimum Gasteiger partial charge on any atom is -0.379 e. The monoisotopic (exact) mass is 210 g/mol. The van der Waals surface area contributed by atoms with Crippen LogP contribution in [0.4, 0.5) is 0 Å². The van der Waals surface area contributed by atoms with Crippen molar-refractivity contribution in [2.75, 3.05) is 7.11 Å². The minimum absolute atomic E-state index is 0.0270. The Morgan fingerprint density at radius 2 is 1.87 bits per heavy atom. The number of rotatable bonds is 7. The molecule has 1 nitrogen and oxygen atoms in total. The number of methoxy groups -OCH3 is 1. The standard InChI is InChI=1S/C14H26O/c1-7-10-13(4,11-8-2)12-14(5,9-3)15-6/h1H,8-12H2,2-6H3. The van der Waals surface area contributed by atoms with Gasteiger partial charge in [0.25, 0.3) is 0 Å². The Labute approximate surface area is 95.6 Å². The number of hydrogen-bond donors (Lipinski definition) is 0. The maximum absolute atomic E-state index is 5.61. The summed E-state index contributed by atoms with van der Waals surface area (Å²) in [6.07, 6.45) is 10.7. The first-order valence-corrected chi connectivity index (χ1v) is 5.94. The second kappa shape index (κ2) is 6.18. The first kappa shape index (κ1) is 14.5. The van der Waals surface area contributed by atoms with Crippen molar-refractivity contribution in [1.82, 2.24) is 0 Å². The molecule has 88 valence electrons. The molecule has 0 radical (unpaired) electrons. The van der Waals surface area contributed by atoms with Gasteiger partial charge in [-0.1, -0.05) is 27.2 Å². The maximum Gasteiger partial charge on any atom is 0.0653 e. The molecule has 0 saturated carbocycles. The Bertz CT molecular complexity index is 210. The molecule has 0 amide bonds. The molecule has 0 spiro atoms. The third-order valence-electron chi connectivity index (χ3n) is 3.42. The summed E-state index contributed by atoms with van der Waals surface area (Å²) in [6, 6.07) is 0. The fourth-order valence-corrected chi connectivity index (χ4v) is 2.33. The van der Waals surface area contributed by atoms with E-state index in [0.717, 1.165) is 19.3 Å². The zero-order valence-corrected chi connectivity index (χ0v) is 11.0. The minimum atomic E-state index is -0.0270. The van der Waals surface area contributed by atoms with Gasteiger partial charge in [-0.25, -0.2) is 0 Å². The van der Waals surface area contributed by atoms with Crippen LogP contribution in [0.1, 0.15) is 59.8 Å². The van der Waals surface area contributed by atoms with Gasteiger partial charge in [0.05, 0.1) is 5.60 Å². The number of hydrogen-bond acceptors (Lipinski definition) is 1. The van der Waals surface area contributed by atoms with E-state index in [-0.39, 0.29) is 11.0 Å². The second-order valence-corrected chi connectivity index (χ2v) is 5.13. The van der Waals surface area contributed by atoms with Crippen molar-refractivity contribution >= 4 is 0 Å². The number of terminal acetylenes is 1. The van der Waals surface area contributed by atoms with Crippen molar-refractivity contribution in [3.8, 4) is 12.3 Å². The van der Waals surface area contributed by atoms with Crippen molar-refractivity contribution in [2.45, 2.75) is 65.4 Å². The summed E-state index contributed by atoms with van der Waals surface area (Å²) in [6.45, 7) is 8.84. The van der Waals surface area contributed by atoms with Crippen LogP contribution in [0.2, 0.25) is 0 Å². The zero-order chi connectivity index (χ0) is 11.9. The van der Waals surface area contributed by atoms with E-state index in [1.165, 1.54) is 12.8 Å². The van der Waals surface area contributed by atoms with Crippen molar-refractivity contribution in [2.24, 2.45) is 5.41 Å². The van der Waals surface area contributed by atoms with Crippen LogP contribution in [-0.2, 0) is 4.74 Å². The molecule has 2 atom stereocenters. The molecule has 2 unspecified atom stereocenters. The van der Waals surface area contributed by atoms with Gasteiger partial charge in [-0.05, 0) is 31.6 Å². The van der Waals surface area contributed by atoms with E-state index >= 15 is 0 Å². The molecule has 0 N–H and O–H groups in total. The van der Waals surface area contributed by atoms with E-state index in [0.29, 0.717) is 0 Å². The van der Waals surface area contributed by atoms with Crippen molar-refractivity contribution < 1.29 is 4.74 Å². The third-order valence-corrected chi connectivity index (χ3v) is 3.42. The molecule has 0 aliphatic rings. The lowest BCUT2D eigenvalue weighted by Gasteiger charge is -2.37. The topological polar surface area (TPSA) is 9.23 Å². The fraction of sp³-hybridized carbons (Fsp3) is 0.857. The molecule has 0 aromatic carbocycles. The van der Waals surface area contributed by atoms with Crippen LogP contribution in [0.3, 0.4) is 0 Å². The van der Waals surface area contributed by atoms with Crippen molar-refractivity contribution in [1.29, 1.82) is 0 Å². The Hall–Kier alpha value is -0.480.